The van der Waals surface area contributed by atoms with Gasteiger partial charge in [0.25, 0.3) is 0 Å². The molecule has 0 amide bonds. The quantitative estimate of drug-likeness (QED) is 0.578. The van der Waals surface area contributed by atoms with Gasteiger partial charge in [-0.15, -0.1) is 0 Å². The number of rotatable bonds is 9. The van der Waals surface area contributed by atoms with Crippen molar-refractivity contribution in [3.8, 4) is 11.5 Å². The van der Waals surface area contributed by atoms with Gasteiger partial charge in [0, 0.05) is 18.8 Å². The van der Waals surface area contributed by atoms with Crippen LogP contribution in [0.25, 0.3) is 0 Å². The molecule has 3 aromatic rings. The predicted molar refractivity (Wildman–Crippen MR) is 112 cm³/mol. The van der Waals surface area contributed by atoms with Crippen molar-refractivity contribution in [1.29, 1.82) is 0 Å². The van der Waals surface area contributed by atoms with E-state index in [2.05, 4.69) is 39.7 Å². The molecule has 0 bridgehead atoms. The van der Waals surface area contributed by atoms with E-state index in [1.165, 1.54) is 5.56 Å². The number of methoxy groups -OCH3 is 2. The van der Waals surface area contributed by atoms with Crippen molar-refractivity contribution in [3.05, 3.63) is 71.9 Å². The van der Waals surface area contributed by atoms with E-state index in [4.69, 9.17) is 9.47 Å². The number of ether oxygens (including phenoxy) is 2. The summed E-state index contributed by atoms with van der Waals surface area (Å²) < 4.78 is 10.6. The lowest BCUT2D eigenvalue weighted by Gasteiger charge is -2.15. The number of anilines is 2. The molecule has 0 radical (unpaired) electrons. The monoisotopic (exact) mass is 378 g/mol. The highest BCUT2D eigenvalue weighted by atomic mass is 16.5. The third-order valence-electron chi connectivity index (χ3n) is 4.46. The van der Waals surface area contributed by atoms with Gasteiger partial charge in [-0.1, -0.05) is 36.4 Å². The van der Waals surface area contributed by atoms with Crippen LogP contribution in [0.4, 0.5) is 11.8 Å². The van der Waals surface area contributed by atoms with Crippen LogP contribution in [-0.4, -0.2) is 30.7 Å². The Bertz CT molecular complexity index is 887. The largest absolute Gasteiger partial charge is 0.493 e. The maximum Gasteiger partial charge on any atom is 0.224 e. The molecule has 3 rings (SSSR count). The fourth-order valence-corrected chi connectivity index (χ4v) is 2.93. The standard InChI is InChI=1S/C22H26N4O2/c1-16(18-7-5-4-6-8-18)25-21-12-14-24-22(26-21)23-13-11-17-9-10-19(27-2)20(15-17)28-3/h4-10,12,14-16H,11,13H2,1-3H3,(H2,23,24,25,26). The smallest absolute Gasteiger partial charge is 0.224 e. The van der Waals surface area contributed by atoms with E-state index in [0.717, 1.165) is 29.3 Å². The Labute approximate surface area is 166 Å². The van der Waals surface area contributed by atoms with Gasteiger partial charge in [0.05, 0.1) is 14.2 Å². The van der Waals surface area contributed by atoms with Crippen molar-refractivity contribution in [2.24, 2.45) is 0 Å². The molecule has 0 aliphatic heterocycles. The highest BCUT2D eigenvalue weighted by Gasteiger charge is 2.07. The molecule has 1 heterocycles. The lowest BCUT2D eigenvalue weighted by atomic mass is 10.1. The van der Waals surface area contributed by atoms with Gasteiger partial charge in [0.1, 0.15) is 5.82 Å². The molecule has 2 aromatic carbocycles. The Morgan fingerprint density at radius 2 is 1.75 bits per heavy atom. The van der Waals surface area contributed by atoms with Gasteiger partial charge >= 0.3 is 0 Å². The molecule has 0 fully saturated rings. The average Bonchev–Trinajstić information content (AvgIpc) is 2.74. The van der Waals surface area contributed by atoms with Gasteiger partial charge in [0.2, 0.25) is 5.95 Å². The minimum absolute atomic E-state index is 0.163. The molecule has 0 saturated carbocycles. The minimum Gasteiger partial charge on any atom is -0.493 e. The number of aromatic nitrogens is 2. The van der Waals surface area contributed by atoms with E-state index in [1.807, 2.05) is 42.5 Å². The van der Waals surface area contributed by atoms with Gasteiger partial charge in [0.15, 0.2) is 11.5 Å². The third kappa shape index (κ3) is 5.13. The van der Waals surface area contributed by atoms with Crippen LogP contribution in [0.5, 0.6) is 11.5 Å². The molecule has 146 valence electrons. The predicted octanol–water partition coefficient (Wildman–Crippen LogP) is 4.32. The summed E-state index contributed by atoms with van der Waals surface area (Å²) in [6.07, 6.45) is 2.58. The average molecular weight is 378 g/mol. The highest BCUT2D eigenvalue weighted by Crippen LogP contribution is 2.27. The molecule has 6 nitrogen and oxygen atoms in total. The number of hydrogen-bond donors (Lipinski definition) is 2. The van der Waals surface area contributed by atoms with Crippen molar-refractivity contribution in [1.82, 2.24) is 9.97 Å². The van der Waals surface area contributed by atoms with Crippen LogP contribution in [0.2, 0.25) is 0 Å². The van der Waals surface area contributed by atoms with Crippen molar-refractivity contribution >= 4 is 11.8 Å². The molecule has 0 aliphatic carbocycles. The maximum absolute atomic E-state index is 5.35. The van der Waals surface area contributed by atoms with E-state index < -0.39 is 0 Å². The van der Waals surface area contributed by atoms with Crippen LogP contribution in [0.3, 0.4) is 0 Å². The molecule has 6 heteroatoms. The summed E-state index contributed by atoms with van der Waals surface area (Å²) in [5, 5.41) is 6.69. The summed E-state index contributed by atoms with van der Waals surface area (Å²) in [6, 6.07) is 18.3. The van der Waals surface area contributed by atoms with E-state index in [-0.39, 0.29) is 6.04 Å². The van der Waals surface area contributed by atoms with Crippen LogP contribution in [0.15, 0.2) is 60.8 Å². The lowest BCUT2D eigenvalue weighted by molar-refractivity contribution is 0.354. The van der Waals surface area contributed by atoms with E-state index in [0.29, 0.717) is 12.5 Å². The van der Waals surface area contributed by atoms with Crippen LogP contribution < -0.4 is 20.1 Å². The summed E-state index contributed by atoms with van der Waals surface area (Å²) in [4.78, 5) is 8.86. The van der Waals surface area contributed by atoms with Crippen LogP contribution in [0, 0.1) is 0 Å². The first kappa shape index (κ1) is 19.5. The van der Waals surface area contributed by atoms with Gasteiger partial charge in [-0.3, -0.25) is 0 Å². The molecular formula is C22H26N4O2. The van der Waals surface area contributed by atoms with Gasteiger partial charge in [-0.05, 0) is 42.7 Å². The Morgan fingerprint density at radius 1 is 0.964 bits per heavy atom. The summed E-state index contributed by atoms with van der Waals surface area (Å²) in [5.74, 6) is 2.86. The SMILES string of the molecule is COc1ccc(CCNc2nccc(NC(C)c3ccccc3)n2)cc1OC. The zero-order valence-electron chi connectivity index (χ0n) is 16.5. The van der Waals surface area contributed by atoms with Crippen molar-refractivity contribution < 1.29 is 9.47 Å². The Morgan fingerprint density at radius 3 is 2.50 bits per heavy atom. The molecule has 0 saturated heterocycles. The molecule has 28 heavy (non-hydrogen) atoms. The summed E-state index contributed by atoms with van der Waals surface area (Å²) in [6.45, 7) is 2.83. The topological polar surface area (TPSA) is 68.3 Å². The lowest BCUT2D eigenvalue weighted by Crippen LogP contribution is -2.11. The Kier molecular flexibility index (Phi) is 6.68. The second kappa shape index (κ2) is 9.60. The summed E-state index contributed by atoms with van der Waals surface area (Å²) in [5.41, 5.74) is 2.36. The number of nitrogens with zero attached hydrogens (tertiary/aromatic N) is 2. The van der Waals surface area contributed by atoms with E-state index >= 15 is 0 Å². The van der Waals surface area contributed by atoms with Gasteiger partial charge in [-0.25, -0.2) is 4.98 Å². The van der Waals surface area contributed by atoms with Crippen molar-refractivity contribution in [3.63, 3.8) is 0 Å². The van der Waals surface area contributed by atoms with E-state index in [1.54, 1.807) is 20.4 Å². The van der Waals surface area contributed by atoms with Gasteiger partial charge in [-0.2, -0.15) is 4.98 Å². The van der Waals surface area contributed by atoms with Crippen LogP contribution in [0.1, 0.15) is 24.1 Å². The zero-order chi connectivity index (χ0) is 19.8. The van der Waals surface area contributed by atoms with Crippen molar-refractivity contribution in [2.75, 3.05) is 31.4 Å². The first-order chi connectivity index (χ1) is 13.7. The Balaban J connectivity index is 1.56. The minimum atomic E-state index is 0.163. The molecule has 2 N–H and O–H groups in total. The second-order valence-corrected chi connectivity index (χ2v) is 6.41. The molecule has 0 aliphatic rings. The number of hydrogen-bond acceptors (Lipinski definition) is 6. The van der Waals surface area contributed by atoms with Crippen LogP contribution >= 0.6 is 0 Å². The molecular weight excluding hydrogens is 352 g/mol. The fraction of sp³-hybridized carbons (Fsp3) is 0.273. The van der Waals surface area contributed by atoms with E-state index in [9.17, 15) is 0 Å². The normalized spacial score (nSPS) is 11.5. The number of benzene rings is 2. The van der Waals surface area contributed by atoms with Gasteiger partial charge < -0.3 is 20.1 Å². The Hall–Kier alpha value is -3.28. The maximum atomic E-state index is 5.35. The third-order valence-corrected chi connectivity index (χ3v) is 4.46. The van der Waals surface area contributed by atoms with Crippen LogP contribution in [-0.2, 0) is 6.42 Å². The molecule has 1 aromatic heterocycles. The molecule has 1 unspecified atom stereocenters. The highest BCUT2D eigenvalue weighted by molar-refractivity contribution is 5.44. The second-order valence-electron chi connectivity index (χ2n) is 6.41. The first-order valence-corrected chi connectivity index (χ1v) is 9.29. The number of nitrogens with one attached hydrogen (secondary N) is 2. The summed E-state index contributed by atoms with van der Waals surface area (Å²) in [7, 11) is 3.28. The first-order valence-electron chi connectivity index (χ1n) is 9.29. The molecule has 0 spiro atoms. The molecule has 1 atom stereocenters. The van der Waals surface area contributed by atoms with Crippen molar-refractivity contribution in [2.45, 2.75) is 19.4 Å². The zero-order valence-corrected chi connectivity index (χ0v) is 16.5. The summed E-state index contributed by atoms with van der Waals surface area (Å²) >= 11 is 0. The fourth-order valence-electron chi connectivity index (χ4n) is 2.93.